The van der Waals surface area contributed by atoms with Crippen molar-refractivity contribution in [2.45, 2.75) is 52.9 Å². The van der Waals surface area contributed by atoms with Crippen molar-refractivity contribution in [1.82, 2.24) is 5.16 Å². The summed E-state index contributed by atoms with van der Waals surface area (Å²) < 4.78 is 4.81. The first kappa shape index (κ1) is 14.1. The molecule has 0 aliphatic heterocycles. The Morgan fingerprint density at radius 1 is 1.47 bits per heavy atom. The molecule has 0 amide bonds. The van der Waals surface area contributed by atoms with Crippen LogP contribution in [0.15, 0.2) is 17.0 Å². The highest BCUT2D eigenvalue weighted by atomic mass is 16.5. The van der Waals surface area contributed by atoms with Gasteiger partial charge in [-0.05, 0) is 43.4 Å². The number of aromatic nitrogens is 1. The third kappa shape index (κ3) is 2.99. The molecule has 0 atom stereocenters. The molecule has 0 saturated heterocycles. The first-order valence-corrected chi connectivity index (χ1v) is 6.95. The van der Waals surface area contributed by atoms with Crippen LogP contribution in [-0.4, -0.2) is 16.2 Å². The van der Waals surface area contributed by atoms with Crippen molar-refractivity contribution in [3.8, 4) is 0 Å². The van der Waals surface area contributed by atoms with Crippen LogP contribution in [0.2, 0.25) is 0 Å². The van der Waals surface area contributed by atoms with Crippen molar-refractivity contribution in [3.63, 3.8) is 0 Å². The molecular weight excluding hydrogens is 242 g/mol. The Morgan fingerprint density at radius 3 is 2.53 bits per heavy atom. The molecule has 1 aromatic rings. The third-order valence-electron chi connectivity index (χ3n) is 4.65. The molecular formula is C15H23NO3. The number of nitrogens with zero attached hydrogens (tertiary/aromatic N) is 1. The summed E-state index contributed by atoms with van der Waals surface area (Å²) in [5.41, 5.74) is 0.520. The largest absolute Gasteiger partial charge is 0.481 e. The molecule has 0 bridgehead atoms. The topological polar surface area (TPSA) is 63.3 Å². The number of carboxylic acids is 1. The predicted octanol–water partition coefficient (Wildman–Crippen LogP) is 3.52. The number of carboxylic acid groups (broad SMARTS) is 1. The van der Waals surface area contributed by atoms with Crippen LogP contribution in [0.4, 0.5) is 0 Å². The average molecular weight is 265 g/mol. The van der Waals surface area contributed by atoms with Crippen LogP contribution in [0.25, 0.3) is 0 Å². The van der Waals surface area contributed by atoms with Gasteiger partial charge in [0.1, 0.15) is 6.26 Å². The number of aliphatic carboxylic acids is 1. The Kier molecular flexibility index (Phi) is 3.70. The fourth-order valence-electron chi connectivity index (χ4n) is 3.21. The Hall–Kier alpha value is -1.32. The molecule has 1 heterocycles. The van der Waals surface area contributed by atoms with Crippen molar-refractivity contribution in [2.24, 2.45) is 16.7 Å². The van der Waals surface area contributed by atoms with E-state index in [1.54, 1.807) is 12.5 Å². The van der Waals surface area contributed by atoms with Gasteiger partial charge < -0.3 is 9.63 Å². The van der Waals surface area contributed by atoms with E-state index in [0.717, 1.165) is 31.2 Å². The molecule has 0 spiro atoms. The minimum Gasteiger partial charge on any atom is -0.481 e. The summed E-state index contributed by atoms with van der Waals surface area (Å²) in [4.78, 5) is 11.7. The van der Waals surface area contributed by atoms with E-state index in [1.807, 2.05) is 0 Å². The zero-order valence-corrected chi connectivity index (χ0v) is 12.0. The SMILES string of the molecule is CC(C)(C)C1CCC(Cc2cnoc2)(C(=O)O)CC1. The first-order chi connectivity index (χ1) is 8.83. The minimum absolute atomic E-state index is 0.266. The lowest BCUT2D eigenvalue weighted by molar-refractivity contribution is -0.152. The summed E-state index contributed by atoms with van der Waals surface area (Å²) in [5.74, 6) is -0.0662. The average Bonchev–Trinajstić information content (AvgIpc) is 2.81. The molecule has 2 rings (SSSR count). The lowest BCUT2D eigenvalue weighted by Crippen LogP contribution is -2.39. The lowest BCUT2D eigenvalue weighted by Gasteiger charge is -2.41. The predicted molar refractivity (Wildman–Crippen MR) is 71.7 cm³/mol. The molecule has 106 valence electrons. The van der Waals surface area contributed by atoms with Gasteiger partial charge in [-0.3, -0.25) is 4.79 Å². The van der Waals surface area contributed by atoms with Crippen LogP contribution < -0.4 is 0 Å². The zero-order valence-electron chi connectivity index (χ0n) is 12.0. The molecule has 4 heteroatoms. The van der Waals surface area contributed by atoms with E-state index in [1.165, 1.54) is 0 Å². The summed E-state index contributed by atoms with van der Waals surface area (Å²) in [5, 5.41) is 13.3. The molecule has 0 unspecified atom stereocenters. The van der Waals surface area contributed by atoms with Gasteiger partial charge in [0.25, 0.3) is 0 Å². The second-order valence-electron chi connectivity index (χ2n) is 6.94. The molecule has 4 nitrogen and oxygen atoms in total. The van der Waals surface area contributed by atoms with Gasteiger partial charge in [0.2, 0.25) is 0 Å². The van der Waals surface area contributed by atoms with Crippen LogP contribution in [0.1, 0.15) is 52.0 Å². The molecule has 1 N–H and O–H groups in total. The van der Waals surface area contributed by atoms with Gasteiger partial charge in [-0.15, -0.1) is 0 Å². The van der Waals surface area contributed by atoms with Gasteiger partial charge in [0.05, 0.1) is 11.6 Å². The lowest BCUT2D eigenvalue weighted by atomic mass is 9.62. The van der Waals surface area contributed by atoms with Crippen LogP contribution in [0, 0.1) is 16.7 Å². The summed E-state index contributed by atoms with van der Waals surface area (Å²) in [6, 6.07) is 0. The Morgan fingerprint density at radius 2 is 2.11 bits per heavy atom. The smallest absolute Gasteiger partial charge is 0.309 e. The van der Waals surface area contributed by atoms with Crippen LogP contribution in [0.3, 0.4) is 0 Å². The van der Waals surface area contributed by atoms with E-state index in [4.69, 9.17) is 4.52 Å². The minimum atomic E-state index is -0.680. The molecule has 1 aromatic heterocycles. The summed E-state index contributed by atoms with van der Waals surface area (Å²) in [6.45, 7) is 6.72. The quantitative estimate of drug-likeness (QED) is 0.908. The van der Waals surface area contributed by atoms with E-state index in [-0.39, 0.29) is 5.41 Å². The van der Waals surface area contributed by atoms with Crippen molar-refractivity contribution in [1.29, 1.82) is 0 Å². The van der Waals surface area contributed by atoms with Gasteiger partial charge in [-0.1, -0.05) is 25.9 Å². The van der Waals surface area contributed by atoms with Crippen LogP contribution >= 0.6 is 0 Å². The van der Waals surface area contributed by atoms with Crippen molar-refractivity contribution < 1.29 is 14.4 Å². The second-order valence-corrected chi connectivity index (χ2v) is 6.94. The normalized spacial score (nSPS) is 28.3. The van der Waals surface area contributed by atoms with Crippen LogP contribution in [0.5, 0.6) is 0 Å². The van der Waals surface area contributed by atoms with E-state index in [9.17, 15) is 9.90 Å². The third-order valence-corrected chi connectivity index (χ3v) is 4.65. The molecule has 1 aliphatic rings. The Labute approximate surface area is 114 Å². The Bertz CT molecular complexity index is 423. The number of hydrogen-bond donors (Lipinski definition) is 1. The van der Waals surface area contributed by atoms with Gasteiger partial charge in [-0.2, -0.15) is 0 Å². The van der Waals surface area contributed by atoms with Gasteiger partial charge >= 0.3 is 5.97 Å². The maximum absolute atomic E-state index is 11.7. The van der Waals surface area contributed by atoms with E-state index in [0.29, 0.717) is 12.3 Å². The fraction of sp³-hybridized carbons (Fsp3) is 0.733. The molecule has 19 heavy (non-hydrogen) atoms. The highest BCUT2D eigenvalue weighted by Crippen LogP contribution is 2.47. The maximum atomic E-state index is 11.7. The molecule has 1 fully saturated rings. The molecule has 0 aromatic carbocycles. The van der Waals surface area contributed by atoms with Gasteiger partial charge in [-0.25, -0.2) is 0 Å². The van der Waals surface area contributed by atoms with E-state index in [2.05, 4.69) is 25.9 Å². The zero-order chi connectivity index (χ0) is 14.1. The second kappa shape index (κ2) is 4.99. The van der Waals surface area contributed by atoms with Crippen molar-refractivity contribution >= 4 is 5.97 Å². The summed E-state index contributed by atoms with van der Waals surface area (Å²) in [6.07, 6.45) is 7.18. The highest BCUT2D eigenvalue weighted by Gasteiger charge is 2.44. The van der Waals surface area contributed by atoms with Crippen molar-refractivity contribution in [3.05, 3.63) is 18.0 Å². The number of hydrogen-bond acceptors (Lipinski definition) is 3. The molecule has 0 radical (unpaired) electrons. The fourth-order valence-corrected chi connectivity index (χ4v) is 3.21. The summed E-state index contributed by atoms with van der Waals surface area (Å²) in [7, 11) is 0. The summed E-state index contributed by atoms with van der Waals surface area (Å²) >= 11 is 0. The highest BCUT2D eigenvalue weighted by molar-refractivity contribution is 5.75. The maximum Gasteiger partial charge on any atom is 0.309 e. The monoisotopic (exact) mass is 265 g/mol. The van der Waals surface area contributed by atoms with Gasteiger partial charge in [0, 0.05) is 5.56 Å². The Balaban J connectivity index is 2.09. The molecule has 1 saturated carbocycles. The number of carbonyl (C=O) groups is 1. The van der Waals surface area contributed by atoms with Crippen LogP contribution in [-0.2, 0) is 11.2 Å². The van der Waals surface area contributed by atoms with E-state index < -0.39 is 11.4 Å². The number of rotatable bonds is 3. The van der Waals surface area contributed by atoms with E-state index >= 15 is 0 Å². The standard InChI is InChI=1S/C15H23NO3/c1-14(2,3)12-4-6-15(7-5-12,13(17)18)8-11-9-16-19-10-11/h9-10,12H,4-8H2,1-3H3,(H,17,18). The van der Waals surface area contributed by atoms with Crippen molar-refractivity contribution in [2.75, 3.05) is 0 Å². The molecule has 1 aliphatic carbocycles. The first-order valence-electron chi connectivity index (χ1n) is 6.95. The van der Waals surface area contributed by atoms with Gasteiger partial charge in [0.15, 0.2) is 0 Å².